The minimum Gasteiger partial charge on any atom is -0.463 e. The lowest BCUT2D eigenvalue weighted by Crippen LogP contribution is -2.17. The number of methoxy groups -OCH3 is 1. The predicted molar refractivity (Wildman–Crippen MR) is 45.3 cm³/mol. The van der Waals surface area contributed by atoms with Gasteiger partial charge in [0.2, 0.25) is 0 Å². The van der Waals surface area contributed by atoms with Crippen LogP contribution in [0.15, 0.2) is 18.2 Å². The van der Waals surface area contributed by atoms with Crippen molar-refractivity contribution in [2.45, 2.75) is 6.92 Å². The molecule has 1 aromatic heterocycles. The molecule has 4 nitrogen and oxygen atoms in total. The molecule has 13 heavy (non-hydrogen) atoms. The van der Waals surface area contributed by atoms with Gasteiger partial charge in [0, 0.05) is 5.69 Å². The van der Waals surface area contributed by atoms with Gasteiger partial charge in [-0.1, -0.05) is 6.07 Å². The van der Waals surface area contributed by atoms with E-state index in [1.165, 1.54) is 6.07 Å². The highest BCUT2D eigenvalue weighted by Gasteiger charge is 2.17. The topological polar surface area (TPSA) is 56.3 Å². The molecular weight excluding hydrogens is 170 g/mol. The number of hydrogen-bond donors (Lipinski definition) is 0. The monoisotopic (exact) mass is 179 g/mol. The molecule has 0 aromatic carbocycles. The Kier molecular flexibility index (Phi) is 2.74. The van der Waals surface area contributed by atoms with Crippen molar-refractivity contribution in [3.8, 4) is 0 Å². The summed E-state index contributed by atoms with van der Waals surface area (Å²) in [6.45, 7) is 1.74. The Morgan fingerprint density at radius 1 is 1.38 bits per heavy atom. The molecule has 0 amide bonds. The maximum absolute atomic E-state index is 11.2. The number of carbonyl (C=O) groups excluding carboxylic acids is 2. The second-order valence-corrected chi connectivity index (χ2v) is 2.48. The predicted octanol–water partition coefficient (Wildman–Crippen LogP) is 0.746. The number of rotatable bonds is 2. The summed E-state index contributed by atoms with van der Waals surface area (Å²) in [5.74, 6) is -1.61. The number of ether oxygens (including phenoxy) is 1. The fraction of sp³-hybridized carbons (Fsp3) is 0.222. The number of ketones is 1. The third-order valence-corrected chi connectivity index (χ3v) is 1.49. The van der Waals surface area contributed by atoms with Crippen LogP contribution in [-0.4, -0.2) is 23.8 Å². The molecule has 0 aliphatic rings. The summed E-state index contributed by atoms with van der Waals surface area (Å²) >= 11 is 0. The zero-order chi connectivity index (χ0) is 9.84. The second kappa shape index (κ2) is 3.80. The van der Waals surface area contributed by atoms with Crippen LogP contribution in [0.4, 0.5) is 0 Å². The summed E-state index contributed by atoms with van der Waals surface area (Å²) in [6, 6.07) is 4.89. The van der Waals surface area contributed by atoms with Crippen LogP contribution >= 0.6 is 0 Å². The highest BCUT2D eigenvalue weighted by molar-refractivity contribution is 6.40. The molecule has 0 atom stereocenters. The number of nitrogens with zero attached hydrogens (tertiary/aromatic N) is 1. The van der Waals surface area contributed by atoms with E-state index in [2.05, 4.69) is 9.72 Å². The molecule has 4 heteroatoms. The molecule has 1 rings (SSSR count). The Labute approximate surface area is 75.5 Å². The number of esters is 1. The summed E-state index contributed by atoms with van der Waals surface area (Å²) in [6.07, 6.45) is 0. The normalized spacial score (nSPS) is 9.38. The van der Waals surface area contributed by atoms with Crippen molar-refractivity contribution in [2.75, 3.05) is 7.11 Å². The van der Waals surface area contributed by atoms with E-state index in [0.29, 0.717) is 5.69 Å². The number of Topliss-reactive ketones (excluding diaryl/α,β-unsaturated/α-hetero) is 1. The fourth-order valence-corrected chi connectivity index (χ4v) is 0.867. The summed E-state index contributed by atoms with van der Waals surface area (Å²) in [4.78, 5) is 25.9. The van der Waals surface area contributed by atoms with Crippen molar-refractivity contribution in [2.24, 2.45) is 0 Å². The largest absolute Gasteiger partial charge is 0.463 e. The van der Waals surface area contributed by atoms with Gasteiger partial charge in [0.05, 0.1) is 7.11 Å². The van der Waals surface area contributed by atoms with Crippen LogP contribution < -0.4 is 0 Å². The van der Waals surface area contributed by atoms with Crippen molar-refractivity contribution in [3.63, 3.8) is 0 Å². The second-order valence-electron chi connectivity index (χ2n) is 2.48. The van der Waals surface area contributed by atoms with Crippen LogP contribution in [-0.2, 0) is 9.53 Å². The first-order valence-electron chi connectivity index (χ1n) is 3.71. The van der Waals surface area contributed by atoms with Crippen LogP contribution in [0, 0.1) is 6.92 Å². The zero-order valence-corrected chi connectivity index (χ0v) is 7.40. The van der Waals surface area contributed by atoms with Gasteiger partial charge in [-0.25, -0.2) is 9.78 Å². The molecule has 0 spiro atoms. The van der Waals surface area contributed by atoms with Crippen molar-refractivity contribution >= 4 is 11.8 Å². The number of aryl methyl sites for hydroxylation is 1. The van der Waals surface area contributed by atoms with Gasteiger partial charge in [0.25, 0.3) is 5.78 Å². The highest BCUT2D eigenvalue weighted by Crippen LogP contribution is 2.00. The molecule has 0 fully saturated rings. The third kappa shape index (κ3) is 2.11. The molecule has 68 valence electrons. The summed E-state index contributed by atoms with van der Waals surface area (Å²) < 4.78 is 4.28. The van der Waals surface area contributed by atoms with Gasteiger partial charge in [-0.15, -0.1) is 0 Å². The average Bonchev–Trinajstić information content (AvgIpc) is 2.15. The van der Waals surface area contributed by atoms with Crippen LogP contribution in [0.1, 0.15) is 16.2 Å². The molecule has 0 aliphatic heterocycles. The average molecular weight is 179 g/mol. The quantitative estimate of drug-likeness (QED) is 0.382. The summed E-state index contributed by atoms with van der Waals surface area (Å²) in [5, 5.41) is 0. The summed E-state index contributed by atoms with van der Waals surface area (Å²) in [5.41, 5.74) is 0.807. The lowest BCUT2D eigenvalue weighted by molar-refractivity contribution is -0.135. The van der Waals surface area contributed by atoms with Gasteiger partial charge in [0.1, 0.15) is 5.69 Å². The number of pyridine rings is 1. The molecule has 0 bridgehead atoms. The van der Waals surface area contributed by atoms with Gasteiger partial charge in [-0.3, -0.25) is 4.79 Å². The Morgan fingerprint density at radius 2 is 2.08 bits per heavy atom. The van der Waals surface area contributed by atoms with E-state index < -0.39 is 11.8 Å². The van der Waals surface area contributed by atoms with Crippen molar-refractivity contribution in [3.05, 3.63) is 29.6 Å². The maximum atomic E-state index is 11.2. The Morgan fingerprint density at radius 3 is 2.62 bits per heavy atom. The van der Waals surface area contributed by atoms with Crippen molar-refractivity contribution < 1.29 is 14.3 Å². The minimum absolute atomic E-state index is 0.117. The first kappa shape index (κ1) is 9.38. The molecular formula is C9H9NO3. The van der Waals surface area contributed by atoms with E-state index in [9.17, 15) is 9.59 Å². The van der Waals surface area contributed by atoms with Crippen LogP contribution in [0.25, 0.3) is 0 Å². The van der Waals surface area contributed by atoms with E-state index in [1.807, 2.05) is 0 Å². The highest BCUT2D eigenvalue weighted by atomic mass is 16.5. The number of aromatic nitrogens is 1. The number of hydrogen-bond acceptors (Lipinski definition) is 4. The molecule has 1 heterocycles. The van der Waals surface area contributed by atoms with Crippen LogP contribution in [0.2, 0.25) is 0 Å². The van der Waals surface area contributed by atoms with E-state index >= 15 is 0 Å². The van der Waals surface area contributed by atoms with Crippen molar-refractivity contribution in [1.29, 1.82) is 0 Å². The standard InChI is InChI=1S/C9H9NO3/c1-6-4-3-5-7(10-6)8(11)9(12)13-2/h3-5H,1-2H3. The van der Waals surface area contributed by atoms with E-state index in [0.717, 1.165) is 7.11 Å². The molecule has 1 aromatic rings. The fourth-order valence-electron chi connectivity index (χ4n) is 0.867. The molecule has 0 saturated carbocycles. The molecule has 0 saturated heterocycles. The first-order chi connectivity index (χ1) is 6.15. The molecule has 0 radical (unpaired) electrons. The Balaban J connectivity index is 2.95. The maximum Gasteiger partial charge on any atom is 0.381 e. The zero-order valence-electron chi connectivity index (χ0n) is 7.40. The lowest BCUT2D eigenvalue weighted by Gasteiger charge is -1.98. The minimum atomic E-state index is -0.891. The smallest absolute Gasteiger partial charge is 0.381 e. The van der Waals surface area contributed by atoms with E-state index in [1.54, 1.807) is 19.1 Å². The van der Waals surface area contributed by atoms with E-state index in [-0.39, 0.29) is 5.69 Å². The van der Waals surface area contributed by atoms with Gasteiger partial charge in [-0.2, -0.15) is 0 Å². The van der Waals surface area contributed by atoms with Gasteiger partial charge in [-0.05, 0) is 19.1 Å². The molecule has 0 aliphatic carbocycles. The lowest BCUT2D eigenvalue weighted by atomic mass is 10.2. The summed E-state index contributed by atoms with van der Waals surface area (Å²) in [7, 11) is 1.16. The third-order valence-electron chi connectivity index (χ3n) is 1.49. The van der Waals surface area contributed by atoms with Crippen LogP contribution in [0.5, 0.6) is 0 Å². The first-order valence-corrected chi connectivity index (χ1v) is 3.71. The Hall–Kier alpha value is -1.71. The molecule has 0 N–H and O–H groups in total. The van der Waals surface area contributed by atoms with Crippen LogP contribution in [0.3, 0.4) is 0 Å². The Bertz CT molecular complexity index is 346. The van der Waals surface area contributed by atoms with Gasteiger partial charge < -0.3 is 4.74 Å². The van der Waals surface area contributed by atoms with E-state index in [4.69, 9.17) is 0 Å². The SMILES string of the molecule is COC(=O)C(=O)c1cccc(C)n1. The molecule has 0 unspecified atom stereocenters. The number of carbonyl (C=O) groups is 2. The van der Waals surface area contributed by atoms with Gasteiger partial charge in [0.15, 0.2) is 0 Å². The van der Waals surface area contributed by atoms with Crippen molar-refractivity contribution in [1.82, 2.24) is 4.98 Å². The van der Waals surface area contributed by atoms with Gasteiger partial charge >= 0.3 is 5.97 Å².